The smallest absolute Gasteiger partial charge is 0.133 e. The van der Waals surface area contributed by atoms with Gasteiger partial charge in [0.25, 0.3) is 0 Å². The molecule has 1 aromatic rings. The van der Waals surface area contributed by atoms with Gasteiger partial charge < -0.3 is 4.74 Å². The quantitative estimate of drug-likeness (QED) is 0.756. The molecule has 0 bridgehead atoms. The van der Waals surface area contributed by atoms with Gasteiger partial charge in [-0.2, -0.15) is 0 Å². The zero-order valence-corrected chi connectivity index (χ0v) is 9.83. The number of benzene rings is 1. The lowest BCUT2D eigenvalue weighted by molar-refractivity contribution is -0.118. The molecular formula is C13H18O2. The Bertz CT molecular complexity index is 356. The van der Waals surface area contributed by atoms with Crippen molar-refractivity contribution in [2.45, 2.75) is 40.2 Å². The highest BCUT2D eigenvalue weighted by Gasteiger charge is 2.09. The summed E-state index contributed by atoms with van der Waals surface area (Å²) < 4.78 is 5.72. The van der Waals surface area contributed by atoms with Gasteiger partial charge in [-0.05, 0) is 44.9 Å². The molecule has 1 atom stereocenters. The third-order valence-corrected chi connectivity index (χ3v) is 2.46. The monoisotopic (exact) mass is 206 g/mol. The summed E-state index contributed by atoms with van der Waals surface area (Å²) in [6.45, 7) is 7.59. The highest BCUT2D eigenvalue weighted by molar-refractivity contribution is 5.75. The lowest BCUT2D eigenvalue weighted by Gasteiger charge is -2.16. The standard InChI is InChI=1S/C13H18O2/c1-9-6-5-7-13(12(9)4)15-11(3)8-10(2)14/h5-7,11H,8H2,1-4H3. The van der Waals surface area contributed by atoms with E-state index >= 15 is 0 Å². The Morgan fingerprint density at radius 1 is 1.40 bits per heavy atom. The highest BCUT2D eigenvalue weighted by atomic mass is 16.5. The Balaban J connectivity index is 2.72. The minimum absolute atomic E-state index is 0.0528. The van der Waals surface area contributed by atoms with Crippen molar-refractivity contribution in [3.63, 3.8) is 0 Å². The fourth-order valence-corrected chi connectivity index (χ4v) is 1.52. The molecule has 0 amide bonds. The van der Waals surface area contributed by atoms with E-state index in [1.54, 1.807) is 6.92 Å². The molecule has 1 unspecified atom stereocenters. The second kappa shape index (κ2) is 4.96. The molecule has 2 nitrogen and oxygen atoms in total. The Morgan fingerprint density at radius 3 is 2.67 bits per heavy atom. The molecule has 1 aromatic carbocycles. The molecule has 0 N–H and O–H groups in total. The lowest BCUT2D eigenvalue weighted by atomic mass is 10.1. The minimum atomic E-state index is -0.0528. The number of ketones is 1. The number of carbonyl (C=O) groups excluding carboxylic acids is 1. The van der Waals surface area contributed by atoms with Gasteiger partial charge in [-0.15, -0.1) is 0 Å². The second-order valence-corrected chi connectivity index (χ2v) is 4.03. The molecule has 0 saturated heterocycles. The van der Waals surface area contributed by atoms with Crippen molar-refractivity contribution in [1.82, 2.24) is 0 Å². The second-order valence-electron chi connectivity index (χ2n) is 4.03. The van der Waals surface area contributed by atoms with Gasteiger partial charge in [0.2, 0.25) is 0 Å². The summed E-state index contributed by atoms with van der Waals surface area (Å²) >= 11 is 0. The topological polar surface area (TPSA) is 26.3 Å². The summed E-state index contributed by atoms with van der Waals surface area (Å²) in [5, 5.41) is 0. The third-order valence-electron chi connectivity index (χ3n) is 2.46. The zero-order chi connectivity index (χ0) is 11.4. The lowest BCUT2D eigenvalue weighted by Crippen LogP contribution is -2.16. The number of rotatable bonds is 4. The van der Waals surface area contributed by atoms with Crippen molar-refractivity contribution in [3.05, 3.63) is 29.3 Å². The van der Waals surface area contributed by atoms with Crippen LogP contribution >= 0.6 is 0 Å². The van der Waals surface area contributed by atoms with Crippen LogP contribution in [-0.2, 0) is 4.79 Å². The number of aryl methyl sites for hydroxylation is 1. The van der Waals surface area contributed by atoms with Gasteiger partial charge in [-0.1, -0.05) is 12.1 Å². The average Bonchev–Trinajstić information content (AvgIpc) is 2.11. The van der Waals surface area contributed by atoms with E-state index in [-0.39, 0.29) is 11.9 Å². The van der Waals surface area contributed by atoms with Crippen molar-refractivity contribution in [2.24, 2.45) is 0 Å². The number of Topliss-reactive ketones (excluding diaryl/α,β-unsaturated/α-hetero) is 1. The number of hydrogen-bond donors (Lipinski definition) is 0. The molecule has 0 saturated carbocycles. The molecule has 15 heavy (non-hydrogen) atoms. The summed E-state index contributed by atoms with van der Waals surface area (Å²) in [5.41, 5.74) is 2.36. The van der Waals surface area contributed by atoms with Crippen LogP contribution in [0.5, 0.6) is 5.75 Å². The summed E-state index contributed by atoms with van der Waals surface area (Å²) in [6, 6.07) is 5.97. The van der Waals surface area contributed by atoms with Gasteiger partial charge in [-0.3, -0.25) is 4.79 Å². The fourth-order valence-electron chi connectivity index (χ4n) is 1.52. The van der Waals surface area contributed by atoms with E-state index in [9.17, 15) is 4.79 Å². The van der Waals surface area contributed by atoms with E-state index in [1.807, 2.05) is 26.0 Å². The van der Waals surface area contributed by atoms with E-state index < -0.39 is 0 Å². The molecule has 0 aromatic heterocycles. The van der Waals surface area contributed by atoms with Crippen molar-refractivity contribution in [2.75, 3.05) is 0 Å². The molecule has 0 aliphatic rings. The molecule has 0 radical (unpaired) electrons. The molecule has 0 heterocycles. The number of carbonyl (C=O) groups is 1. The van der Waals surface area contributed by atoms with Gasteiger partial charge in [0.1, 0.15) is 17.6 Å². The molecule has 0 aliphatic heterocycles. The van der Waals surface area contributed by atoms with Crippen LogP contribution in [0, 0.1) is 13.8 Å². The summed E-state index contributed by atoms with van der Waals surface area (Å²) in [4.78, 5) is 10.9. The first-order valence-electron chi connectivity index (χ1n) is 5.23. The summed E-state index contributed by atoms with van der Waals surface area (Å²) in [5.74, 6) is 1.04. The van der Waals surface area contributed by atoms with Gasteiger partial charge in [-0.25, -0.2) is 0 Å². The van der Waals surface area contributed by atoms with E-state index in [0.29, 0.717) is 6.42 Å². The van der Waals surface area contributed by atoms with E-state index in [2.05, 4.69) is 13.0 Å². The minimum Gasteiger partial charge on any atom is -0.490 e. The van der Waals surface area contributed by atoms with Crippen LogP contribution in [0.3, 0.4) is 0 Å². The predicted molar refractivity (Wildman–Crippen MR) is 61.3 cm³/mol. The molecule has 82 valence electrons. The maximum atomic E-state index is 10.9. The summed E-state index contributed by atoms with van der Waals surface area (Å²) in [7, 11) is 0. The maximum Gasteiger partial charge on any atom is 0.133 e. The normalized spacial score (nSPS) is 12.3. The first-order valence-corrected chi connectivity index (χ1v) is 5.23. The first kappa shape index (κ1) is 11.8. The van der Waals surface area contributed by atoms with Crippen molar-refractivity contribution >= 4 is 5.78 Å². The van der Waals surface area contributed by atoms with E-state index in [4.69, 9.17) is 4.74 Å². The van der Waals surface area contributed by atoms with Crippen LogP contribution < -0.4 is 4.74 Å². The van der Waals surface area contributed by atoms with Crippen molar-refractivity contribution < 1.29 is 9.53 Å². The Hall–Kier alpha value is -1.31. The first-order chi connectivity index (χ1) is 7.00. The van der Waals surface area contributed by atoms with Gasteiger partial charge >= 0.3 is 0 Å². The fraction of sp³-hybridized carbons (Fsp3) is 0.462. The van der Waals surface area contributed by atoms with Gasteiger partial charge in [0.15, 0.2) is 0 Å². The average molecular weight is 206 g/mol. The zero-order valence-electron chi connectivity index (χ0n) is 9.83. The SMILES string of the molecule is CC(=O)CC(C)Oc1cccc(C)c1C. The largest absolute Gasteiger partial charge is 0.490 e. The number of hydrogen-bond acceptors (Lipinski definition) is 2. The highest BCUT2D eigenvalue weighted by Crippen LogP contribution is 2.22. The van der Waals surface area contributed by atoms with Crippen molar-refractivity contribution in [1.29, 1.82) is 0 Å². The van der Waals surface area contributed by atoms with Crippen LogP contribution in [0.1, 0.15) is 31.4 Å². The van der Waals surface area contributed by atoms with Crippen LogP contribution in [0.15, 0.2) is 18.2 Å². The Morgan fingerprint density at radius 2 is 2.07 bits per heavy atom. The van der Waals surface area contributed by atoms with E-state index in [0.717, 1.165) is 11.3 Å². The summed E-state index contributed by atoms with van der Waals surface area (Å²) in [6.07, 6.45) is 0.413. The Kier molecular flexibility index (Phi) is 3.89. The van der Waals surface area contributed by atoms with Crippen LogP contribution in [-0.4, -0.2) is 11.9 Å². The van der Waals surface area contributed by atoms with Crippen LogP contribution in [0.2, 0.25) is 0 Å². The third kappa shape index (κ3) is 3.39. The van der Waals surface area contributed by atoms with Crippen molar-refractivity contribution in [3.8, 4) is 5.75 Å². The molecule has 0 aliphatic carbocycles. The van der Waals surface area contributed by atoms with Crippen LogP contribution in [0.4, 0.5) is 0 Å². The molecule has 0 fully saturated rings. The van der Waals surface area contributed by atoms with Gasteiger partial charge in [0, 0.05) is 6.42 Å². The molecule has 0 spiro atoms. The molecular weight excluding hydrogens is 188 g/mol. The maximum absolute atomic E-state index is 10.9. The van der Waals surface area contributed by atoms with Gasteiger partial charge in [0.05, 0.1) is 0 Å². The van der Waals surface area contributed by atoms with Crippen LogP contribution in [0.25, 0.3) is 0 Å². The number of ether oxygens (including phenoxy) is 1. The molecule has 2 heteroatoms. The Labute approximate surface area is 91.3 Å². The predicted octanol–water partition coefficient (Wildman–Crippen LogP) is 3.05. The molecule has 1 rings (SSSR count). The van der Waals surface area contributed by atoms with E-state index in [1.165, 1.54) is 5.56 Å².